The molecule has 0 amide bonds. The van der Waals surface area contributed by atoms with Gasteiger partial charge in [-0.2, -0.15) is 0 Å². The molecule has 5 aromatic carbocycles. The van der Waals surface area contributed by atoms with Gasteiger partial charge >= 0.3 is 0 Å². The maximum absolute atomic E-state index is 4.39. The number of pyridine rings is 1. The van der Waals surface area contributed by atoms with Crippen molar-refractivity contribution in [2.24, 2.45) is 0 Å². The van der Waals surface area contributed by atoms with Gasteiger partial charge < -0.3 is 4.90 Å². The molecule has 0 saturated carbocycles. The van der Waals surface area contributed by atoms with E-state index in [9.17, 15) is 0 Å². The molecule has 1 aromatic heterocycles. The van der Waals surface area contributed by atoms with E-state index in [-0.39, 0.29) is 0 Å². The highest BCUT2D eigenvalue weighted by Crippen LogP contribution is 2.51. The minimum absolute atomic E-state index is 1.04. The molecule has 0 N–H and O–H groups in total. The molecular formula is C31H20N2. The summed E-state index contributed by atoms with van der Waals surface area (Å²) in [6.07, 6.45) is 3.74. The monoisotopic (exact) mass is 420 g/mol. The fourth-order valence-corrected chi connectivity index (χ4v) is 5.24. The van der Waals surface area contributed by atoms with Gasteiger partial charge in [0.2, 0.25) is 0 Å². The first-order valence-electron chi connectivity index (χ1n) is 11.2. The highest BCUT2D eigenvalue weighted by molar-refractivity contribution is 6.23. The summed E-state index contributed by atoms with van der Waals surface area (Å²) in [5.74, 6) is 0. The zero-order chi connectivity index (χ0) is 21.8. The fraction of sp³-hybridized carbons (Fsp3) is 0. The highest BCUT2D eigenvalue weighted by Gasteiger charge is 2.24. The summed E-state index contributed by atoms with van der Waals surface area (Å²) in [5, 5.41) is 5.27. The molecule has 0 saturated heterocycles. The molecule has 1 aliphatic carbocycles. The molecule has 2 heteroatoms. The van der Waals surface area contributed by atoms with Crippen molar-refractivity contribution in [3.63, 3.8) is 0 Å². The maximum atomic E-state index is 4.39. The molecule has 0 spiro atoms. The van der Waals surface area contributed by atoms with Crippen molar-refractivity contribution in [1.82, 2.24) is 4.98 Å². The number of para-hydroxylation sites is 1. The van der Waals surface area contributed by atoms with Crippen LogP contribution < -0.4 is 4.90 Å². The predicted octanol–water partition coefficient (Wildman–Crippen LogP) is 8.51. The van der Waals surface area contributed by atoms with Crippen LogP contribution in [-0.2, 0) is 0 Å². The first kappa shape index (κ1) is 18.2. The number of benzene rings is 5. The Labute approximate surface area is 192 Å². The van der Waals surface area contributed by atoms with Crippen LogP contribution in [0.4, 0.5) is 17.1 Å². The van der Waals surface area contributed by atoms with E-state index < -0.39 is 0 Å². The molecule has 1 heterocycles. The van der Waals surface area contributed by atoms with Crippen molar-refractivity contribution >= 4 is 38.6 Å². The van der Waals surface area contributed by atoms with Crippen LogP contribution in [0.5, 0.6) is 0 Å². The summed E-state index contributed by atoms with van der Waals surface area (Å²) in [5.41, 5.74) is 8.51. The molecule has 0 bridgehead atoms. The van der Waals surface area contributed by atoms with Gasteiger partial charge in [-0.25, -0.2) is 0 Å². The molecule has 0 atom stereocenters. The van der Waals surface area contributed by atoms with Crippen molar-refractivity contribution in [3.8, 4) is 22.3 Å². The Kier molecular flexibility index (Phi) is 3.88. The van der Waals surface area contributed by atoms with Crippen LogP contribution in [0.3, 0.4) is 0 Å². The molecule has 2 nitrogen and oxygen atoms in total. The highest BCUT2D eigenvalue weighted by atomic mass is 15.1. The largest absolute Gasteiger partial charge is 0.309 e. The molecule has 6 aromatic rings. The molecule has 154 valence electrons. The molecule has 0 fully saturated rings. The third-order valence-corrected chi connectivity index (χ3v) is 6.64. The summed E-state index contributed by atoms with van der Waals surface area (Å²) in [6.45, 7) is 0. The number of fused-ring (bicyclic) bond motifs is 5. The Bertz CT molecular complexity index is 1610. The van der Waals surface area contributed by atoms with Gasteiger partial charge in [-0.1, -0.05) is 66.7 Å². The summed E-state index contributed by atoms with van der Waals surface area (Å²) in [6, 6.07) is 39.2. The molecular weight excluding hydrogens is 400 g/mol. The van der Waals surface area contributed by atoms with E-state index in [0.717, 1.165) is 17.1 Å². The van der Waals surface area contributed by atoms with Crippen molar-refractivity contribution in [2.75, 3.05) is 4.90 Å². The van der Waals surface area contributed by atoms with Gasteiger partial charge in [0, 0.05) is 17.6 Å². The lowest BCUT2D eigenvalue weighted by molar-refractivity contribution is 1.23. The third kappa shape index (κ3) is 2.71. The topological polar surface area (TPSA) is 16.1 Å². The third-order valence-electron chi connectivity index (χ3n) is 6.64. The Morgan fingerprint density at radius 1 is 0.485 bits per heavy atom. The van der Waals surface area contributed by atoms with Gasteiger partial charge in [0.05, 0.1) is 11.9 Å². The zero-order valence-corrected chi connectivity index (χ0v) is 17.9. The second kappa shape index (κ2) is 7.04. The van der Waals surface area contributed by atoms with Crippen molar-refractivity contribution in [3.05, 3.63) is 122 Å². The second-order valence-electron chi connectivity index (χ2n) is 8.49. The Morgan fingerprint density at radius 3 is 2.18 bits per heavy atom. The van der Waals surface area contributed by atoms with Gasteiger partial charge in [0.25, 0.3) is 0 Å². The van der Waals surface area contributed by atoms with E-state index >= 15 is 0 Å². The van der Waals surface area contributed by atoms with Crippen LogP contribution in [-0.4, -0.2) is 4.98 Å². The quantitative estimate of drug-likeness (QED) is 0.266. The lowest BCUT2D eigenvalue weighted by Crippen LogP contribution is -2.10. The standard InChI is InChI=1S/C31H20N2/c1-2-9-22(10-3-1)33(24-11-7-17-32-20-24)23-15-16-26-28-14-6-13-27-25-12-5-4-8-21(25)18-30(31(27)28)29(26)19-23/h1-20H. The van der Waals surface area contributed by atoms with E-state index in [1.807, 2.05) is 18.5 Å². The lowest BCUT2D eigenvalue weighted by atomic mass is 9.96. The molecule has 0 unspecified atom stereocenters. The van der Waals surface area contributed by atoms with Crippen molar-refractivity contribution < 1.29 is 0 Å². The van der Waals surface area contributed by atoms with Crippen LogP contribution in [0.1, 0.15) is 0 Å². The predicted molar refractivity (Wildman–Crippen MR) is 138 cm³/mol. The van der Waals surface area contributed by atoms with Crippen LogP contribution in [0.25, 0.3) is 43.8 Å². The van der Waals surface area contributed by atoms with Gasteiger partial charge in [0.15, 0.2) is 0 Å². The molecule has 7 rings (SSSR count). The normalized spacial score (nSPS) is 11.6. The van der Waals surface area contributed by atoms with Gasteiger partial charge in [-0.05, 0) is 86.3 Å². The summed E-state index contributed by atoms with van der Waals surface area (Å²) < 4.78 is 0. The van der Waals surface area contributed by atoms with Gasteiger partial charge in [-0.3, -0.25) is 4.98 Å². The SMILES string of the molecule is c1ccc(N(c2cccnc2)c2ccc3c(c2)-c2cc4ccccc4c4cccc-3c24)cc1. The van der Waals surface area contributed by atoms with E-state index in [0.29, 0.717) is 0 Å². The van der Waals surface area contributed by atoms with Crippen molar-refractivity contribution in [1.29, 1.82) is 0 Å². The number of aromatic nitrogens is 1. The summed E-state index contributed by atoms with van der Waals surface area (Å²) >= 11 is 0. The Hall–Kier alpha value is -4.43. The number of rotatable bonds is 3. The molecule has 0 radical (unpaired) electrons. The summed E-state index contributed by atoms with van der Waals surface area (Å²) in [4.78, 5) is 6.66. The average molecular weight is 421 g/mol. The maximum Gasteiger partial charge on any atom is 0.0644 e. The van der Waals surface area contributed by atoms with E-state index in [1.54, 1.807) is 0 Å². The van der Waals surface area contributed by atoms with E-state index in [1.165, 1.54) is 43.8 Å². The van der Waals surface area contributed by atoms with Crippen LogP contribution in [0.15, 0.2) is 122 Å². The zero-order valence-electron chi connectivity index (χ0n) is 17.9. The van der Waals surface area contributed by atoms with Gasteiger partial charge in [0.1, 0.15) is 0 Å². The number of anilines is 3. The van der Waals surface area contributed by atoms with Crippen LogP contribution >= 0.6 is 0 Å². The Morgan fingerprint density at radius 2 is 1.30 bits per heavy atom. The number of hydrogen-bond acceptors (Lipinski definition) is 2. The van der Waals surface area contributed by atoms with Crippen LogP contribution in [0.2, 0.25) is 0 Å². The van der Waals surface area contributed by atoms with Gasteiger partial charge in [-0.15, -0.1) is 0 Å². The van der Waals surface area contributed by atoms with Crippen LogP contribution in [0, 0.1) is 0 Å². The van der Waals surface area contributed by atoms with E-state index in [2.05, 4.69) is 113 Å². The first-order valence-corrected chi connectivity index (χ1v) is 11.2. The minimum Gasteiger partial charge on any atom is -0.309 e. The molecule has 33 heavy (non-hydrogen) atoms. The number of hydrogen-bond donors (Lipinski definition) is 0. The van der Waals surface area contributed by atoms with E-state index in [4.69, 9.17) is 0 Å². The lowest BCUT2D eigenvalue weighted by Gasteiger charge is -2.25. The minimum atomic E-state index is 1.04. The smallest absolute Gasteiger partial charge is 0.0644 e. The molecule has 0 aliphatic heterocycles. The molecule has 1 aliphatic rings. The Balaban J connectivity index is 1.49. The van der Waals surface area contributed by atoms with Crippen molar-refractivity contribution in [2.45, 2.75) is 0 Å². The average Bonchev–Trinajstić information content (AvgIpc) is 3.20. The number of nitrogens with zero attached hydrogens (tertiary/aromatic N) is 2. The fourth-order valence-electron chi connectivity index (χ4n) is 5.24. The first-order chi connectivity index (χ1) is 16.4. The summed E-state index contributed by atoms with van der Waals surface area (Å²) in [7, 11) is 0. The second-order valence-corrected chi connectivity index (χ2v) is 8.49.